The number of nitrogens with one attached hydrogen (secondary N) is 2. The lowest BCUT2D eigenvalue weighted by Gasteiger charge is -2.18. The Labute approximate surface area is 194 Å². The summed E-state index contributed by atoms with van der Waals surface area (Å²) in [5, 5.41) is 7.95. The number of carbonyl (C=O) groups excluding carboxylic acids is 3. The summed E-state index contributed by atoms with van der Waals surface area (Å²) < 4.78 is 0. The van der Waals surface area contributed by atoms with Gasteiger partial charge in [0.2, 0.25) is 5.78 Å². The van der Waals surface area contributed by atoms with Gasteiger partial charge in [0.15, 0.2) is 0 Å². The Morgan fingerprint density at radius 2 is 1.67 bits per heavy atom. The molecule has 0 fully saturated rings. The number of Topliss-reactive ketones (excluding diaryl/α,β-unsaturated/α-hetero) is 1. The first-order valence-corrected chi connectivity index (χ1v) is 11.3. The van der Waals surface area contributed by atoms with Gasteiger partial charge >= 0.3 is 0 Å². The maximum Gasteiger partial charge on any atom is 0.287 e. The third-order valence-corrected chi connectivity index (χ3v) is 5.60. The number of benzene rings is 3. The lowest BCUT2D eigenvalue weighted by Crippen LogP contribution is -2.32. The van der Waals surface area contributed by atoms with Crippen LogP contribution in [0.4, 0.5) is 0 Å². The van der Waals surface area contributed by atoms with Gasteiger partial charge in [-0.05, 0) is 54.7 Å². The molecule has 0 aromatic heterocycles. The zero-order valence-electron chi connectivity index (χ0n) is 19.1. The van der Waals surface area contributed by atoms with Crippen LogP contribution < -0.4 is 10.6 Å². The van der Waals surface area contributed by atoms with Crippen molar-refractivity contribution < 1.29 is 14.4 Å². The molecule has 3 aromatic rings. The molecular weight excluding hydrogens is 412 g/mol. The van der Waals surface area contributed by atoms with Crippen LogP contribution in [0.1, 0.15) is 60.6 Å². The number of hydrogen-bond donors (Lipinski definition) is 2. The first-order valence-electron chi connectivity index (χ1n) is 11.3. The third kappa shape index (κ3) is 6.39. The van der Waals surface area contributed by atoms with Crippen molar-refractivity contribution in [2.24, 2.45) is 0 Å². The molecule has 0 spiro atoms. The molecule has 3 aromatic carbocycles. The Kier molecular flexibility index (Phi) is 8.53. The molecule has 1 atom stereocenters. The first-order chi connectivity index (χ1) is 16.0. The number of fused-ring (bicyclic) bond motifs is 1. The molecule has 33 heavy (non-hydrogen) atoms. The molecule has 0 aliphatic carbocycles. The van der Waals surface area contributed by atoms with Crippen molar-refractivity contribution in [3.8, 4) is 0 Å². The average molecular weight is 443 g/mol. The van der Waals surface area contributed by atoms with Gasteiger partial charge in [0, 0.05) is 18.5 Å². The van der Waals surface area contributed by atoms with Gasteiger partial charge < -0.3 is 10.6 Å². The van der Waals surface area contributed by atoms with Gasteiger partial charge in [-0.2, -0.15) is 0 Å². The zero-order chi connectivity index (χ0) is 23.6. The lowest BCUT2D eigenvalue weighted by atomic mass is 9.99. The number of unbranched alkanes of at least 4 members (excludes halogenated alkanes) is 1. The molecule has 0 radical (unpaired) electrons. The van der Waals surface area contributed by atoms with E-state index in [4.69, 9.17) is 0 Å². The number of rotatable bonds is 10. The minimum atomic E-state index is -0.616. The summed E-state index contributed by atoms with van der Waals surface area (Å²) in [6.45, 7) is 3.99. The second-order valence-corrected chi connectivity index (χ2v) is 7.99. The number of amides is 2. The molecular formula is C28H30N2O3. The van der Waals surface area contributed by atoms with Crippen LogP contribution in [0.3, 0.4) is 0 Å². The predicted octanol–water partition coefficient (Wildman–Crippen LogP) is 5.26. The fourth-order valence-corrected chi connectivity index (χ4v) is 3.81. The van der Waals surface area contributed by atoms with Gasteiger partial charge in [-0.15, -0.1) is 0 Å². The zero-order valence-corrected chi connectivity index (χ0v) is 19.1. The molecule has 2 N–H and O–H groups in total. The molecule has 5 heteroatoms. The first kappa shape index (κ1) is 23.9. The van der Waals surface area contributed by atoms with Crippen LogP contribution in [-0.4, -0.2) is 17.6 Å². The molecule has 0 saturated heterocycles. The van der Waals surface area contributed by atoms with Crippen LogP contribution in [-0.2, 0) is 16.1 Å². The molecule has 3 rings (SSSR count). The second kappa shape index (κ2) is 11.8. The van der Waals surface area contributed by atoms with Crippen molar-refractivity contribution in [1.82, 2.24) is 10.6 Å². The summed E-state index contributed by atoms with van der Waals surface area (Å²) in [7, 11) is 0. The number of hydrogen-bond acceptors (Lipinski definition) is 3. The molecule has 0 unspecified atom stereocenters. The summed E-state index contributed by atoms with van der Waals surface area (Å²) in [6.07, 6.45) is 5.52. The van der Waals surface area contributed by atoms with E-state index < -0.39 is 11.7 Å². The topological polar surface area (TPSA) is 75.3 Å². The van der Waals surface area contributed by atoms with Crippen molar-refractivity contribution >= 4 is 28.4 Å². The second-order valence-electron chi connectivity index (χ2n) is 7.99. The van der Waals surface area contributed by atoms with Gasteiger partial charge in [0.25, 0.3) is 11.8 Å². The van der Waals surface area contributed by atoms with Crippen LogP contribution in [0.25, 0.3) is 10.8 Å². The third-order valence-electron chi connectivity index (χ3n) is 5.60. The largest absolute Gasteiger partial charge is 0.345 e. The van der Waals surface area contributed by atoms with E-state index in [0.717, 1.165) is 22.8 Å². The van der Waals surface area contributed by atoms with Gasteiger partial charge in [0.1, 0.15) is 0 Å². The quantitative estimate of drug-likeness (QED) is 0.255. The summed E-state index contributed by atoms with van der Waals surface area (Å²) in [5.74, 6) is -1.28. The van der Waals surface area contributed by atoms with Gasteiger partial charge in [-0.1, -0.05) is 72.8 Å². The summed E-state index contributed by atoms with van der Waals surface area (Å²) in [5.41, 5.74) is 2.18. The van der Waals surface area contributed by atoms with E-state index in [-0.39, 0.29) is 24.9 Å². The molecule has 0 aliphatic heterocycles. The fourth-order valence-electron chi connectivity index (χ4n) is 3.81. The highest BCUT2D eigenvalue weighted by Crippen LogP contribution is 2.24. The van der Waals surface area contributed by atoms with Crippen LogP contribution in [0, 0.1) is 0 Å². The van der Waals surface area contributed by atoms with Crippen molar-refractivity contribution in [3.63, 3.8) is 0 Å². The normalized spacial score (nSPS) is 11.9. The summed E-state index contributed by atoms with van der Waals surface area (Å²) in [4.78, 5) is 37.3. The van der Waals surface area contributed by atoms with Crippen LogP contribution in [0.5, 0.6) is 0 Å². The van der Waals surface area contributed by atoms with Crippen LogP contribution >= 0.6 is 0 Å². The van der Waals surface area contributed by atoms with Crippen molar-refractivity contribution in [3.05, 3.63) is 95.6 Å². The lowest BCUT2D eigenvalue weighted by molar-refractivity contribution is -0.138. The smallest absolute Gasteiger partial charge is 0.287 e. The van der Waals surface area contributed by atoms with Crippen molar-refractivity contribution in [2.45, 2.75) is 45.7 Å². The monoisotopic (exact) mass is 442 g/mol. The number of allylic oxidation sites excluding steroid dienone is 2. The molecule has 170 valence electrons. The number of carbonyl (C=O) groups is 3. The Bertz CT molecular complexity index is 1160. The Hall–Kier alpha value is -3.73. The summed E-state index contributed by atoms with van der Waals surface area (Å²) >= 11 is 0. The van der Waals surface area contributed by atoms with E-state index in [1.807, 2.05) is 74.5 Å². The Morgan fingerprint density at radius 3 is 2.48 bits per heavy atom. The van der Waals surface area contributed by atoms with E-state index in [0.29, 0.717) is 17.5 Å². The average Bonchev–Trinajstić information content (AvgIpc) is 2.84. The highest BCUT2D eigenvalue weighted by Gasteiger charge is 2.18. The fraction of sp³-hybridized carbons (Fsp3) is 0.250. The SMILES string of the molecule is C/C=C/CCCC(=O)C(=O)NCc1ccccc1C(=O)N[C@H](C)c1cccc2ccccc12. The highest BCUT2D eigenvalue weighted by atomic mass is 16.2. The Balaban J connectivity index is 1.65. The molecule has 5 nitrogen and oxygen atoms in total. The van der Waals surface area contributed by atoms with E-state index in [2.05, 4.69) is 10.6 Å². The molecule has 2 amide bonds. The highest BCUT2D eigenvalue weighted by molar-refractivity contribution is 6.36. The van der Waals surface area contributed by atoms with Crippen molar-refractivity contribution in [1.29, 1.82) is 0 Å². The van der Waals surface area contributed by atoms with Crippen LogP contribution in [0.2, 0.25) is 0 Å². The summed E-state index contributed by atoms with van der Waals surface area (Å²) in [6, 6.07) is 21.0. The van der Waals surface area contributed by atoms with E-state index in [1.165, 1.54) is 0 Å². The molecule has 0 heterocycles. The van der Waals surface area contributed by atoms with Crippen molar-refractivity contribution in [2.75, 3.05) is 0 Å². The standard InChI is InChI=1S/C28H30N2O3/c1-3-4-5-6-18-26(31)28(33)29-19-22-13-8-10-16-25(22)27(32)30-20(2)23-17-11-14-21-12-7-9-15-24(21)23/h3-4,7-17,20H,5-6,18-19H2,1-2H3,(H,29,33)(H,30,32)/b4-3+/t20-/m1/s1. The predicted molar refractivity (Wildman–Crippen MR) is 132 cm³/mol. The van der Waals surface area contributed by atoms with Gasteiger partial charge in [0.05, 0.1) is 6.04 Å². The van der Waals surface area contributed by atoms with Gasteiger partial charge in [-0.25, -0.2) is 0 Å². The van der Waals surface area contributed by atoms with E-state index in [9.17, 15) is 14.4 Å². The van der Waals surface area contributed by atoms with E-state index >= 15 is 0 Å². The minimum absolute atomic E-state index is 0.117. The Morgan fingerprint density at radius 1 is 0.939 bits per heavy atom. The molecule has 0 saturated carbocycles. The van der Waals surface area contributed by atoms with Crippen LogP contribution in [0.15, 0.2) is 78.9 Å². The number of ketones is 1. The van der Waals surface area contributed by atoms with E-state index in [1.54, 1.807) is 18.2 Å². The maximum atomic E-state index is 13.1. The van der Waals surface area contributed by atoms with Gasteiger partial charge in [-0.3, -0.25) is 14.4 Å². The maximum absolute atomic E-state index is 13.1. The molecule has 0 aliphatic rings. The molecule has 0 bridgehead atoms. The minimum Gasteiger partial charge on any atom is -0.345 e.